The predicted octanol–water partition coefficient (Wildman–Crippen LogP) is 4.85. The van der Waals surface area contributed by atoms with E-state index in [0.29, 0.717) is 6.54 Å². The fourth-order valence-corrected chi connectivity index (χ4v) is 3.24. The van der Waals surface area contributed by atoms with E-state index in [1.54, 1.807) is 12.3 Å². The van der Waals surface area contributed by atoms with E-state index in [4.69, 9.17) is 0 Å². The Bertz CT molecular complexity index is 1080. The lowest BCUT2D eigenvalue weighted by molar-refractivity contribution is -0.137. The molecule has 7 heteroatoms. The summed E-state index contributed by atoms with van der Waals surface area (Å²) in [6.07, 6.45) is -1.28. The summed E-state index contributed by atoms with van der Waals surface area (Å²) in [4.78, 5) is 12.1. The minimum absolute atomic E-state index is 0.196. The van der Waals surface area contributed by atoms with Gasteiger partial charge in [-0.05, 0) is 24.6 Å². The standard InChI is InChI=1S/C22H20F3N3O/c1-3-11-28-15(2)19(18-9-4-5-10-20(18)28)14-26-27-21(29)13-16-7-6-8-17(12-16)22(23,24)25/h3-10,12,14H,1,11,13H2,2H3,(H,27,29)/b26-14+. The van der Waals surface area contributed by atoms with Crippen molar-refractivity contribution in [2.45, 2.75) is 26.1 Å². The normalized spacial score (nSPS) is 11.9. The number of fused-ring (bicyclic) bond motifs is 1. The second kappa shape index (κ2) is 8.34. The maximum atomic E-state index is 12.8. The Morgan fingerprint density at radius 3 is 2.69 bits per heavy atom. The number of hydrogen-bond donors (Lipinski definition) is 1. The van der Waals surface area contributed by atoms with Crippen LogP contribution < -0.4 is 5.43 Å². The Labute approximate surface area is 166 Å². The molecule has 0 radical (unpaired) electrons. The largest absolute Gasteiger partial charge is 0.416 e. The van der Waals surface area contributed by atoms with E-state index in [1.807, 2.05) is 31.2 Å². The maximum Gasteiger partial charge on any atom is 0.416 e. The number of nitrogens with one attached hydrogen (secondary N) is 1. The average Bonchev–Trinajstić information content (AvgIpc) is 2.94. The van der Waals surface area contributed by atoms with E-state index >= 15 is 0 Å². The molecule has 0 fully saturated rings. The van der Waals surface area contributed by atoms with Crippen molar-refractivity contribution in [2.75, 3.05) is 0 Å². The van der Waals surface area contributed by atoms with Crippen LogP contribution in [0.2, 0.25) is 0 Å². The second-order valence-electron chi connectivity index (χ2n) is 6.58. The number of benzene rings is 2. The fraction of sp³-hybridized carbons (Fsp3) is 0.182. The fourth-order valence-electron chi connectivity index (χ4n) is 3.24. The monoisotopic (exact) mass is 399 g/mol. The molecule has 0 unspecified atom stereocenters. The molecular weight excluding hydrogens is 379 g/mol. The molecule has 0 aliphatic carbocycles. The third-order valence-corrected chi connectivity index (χ3v) is 4.59. The van der Waals surface area contributed by atoms with Gasteiger partial charge >= 0.3 is 6.18 Å². The third-order valence-electron chi connectivity index (χ3n) is 4.59. The van der Waals surface area contributed by atoms with Crippen molar-refractivity contribution >= 4 is 23.0 Å². The lowest BCUT2D eigenvalue weighted by Gasteiger charge is -2.08. The van der Waals surface area contributed by atoms with E-state index in [2.05, 4.69) is 21.7 Å². The van der Waals surface area contributed by atoms with Crippen molar-refractivity contribution < 1.29 is 18.0 Å². The SMILES string of the molecule is C=CCn1c(C)c(/C=N/NC(=O)Cc2cccc(C(F)(F)F)c2)c2ccccc21. The molecule has 3 rings (SSSR count). The number of alkyl halides is 3. The van der Waals surface area contributed by atoms with Gasteiger partial charge in [0.25, 0.3) is 0 Å². The van der Waals surface area contributed by atoms with Crippen molar-refractivity contribution in [2.24, 2.45) is 5.10 Å². The number of hydrazone groups is 1. The first-order chi connectivity index (χ1) is 13.8. The lowest BCUT2D eigenvalue weighted by atomic mass is 10.1. The summed E-state index contributed by atoms with van der Waals surface area (Å²) in [6.45, 7) is 6.37. The quantitative estimate of drug-likeness (QED) is 0.360. The van der Waals surface area contributed by atoms with E-state index < -0.39 is 17.6 Å². The molecule has 3 aromatic rings. The summed E-state index contributed by atoms with van der Waals surface area (Å²) in [5.41, 5.74) is 4.75. The van der Waals surface area contributed by atoms with Crippen LogP contribution in [0.1, 0.15) is 22.4 Å². The van der Waals surface area contributed by atoms with Crippen molar-refractivity contribution in [1.29, 1.82) is 0 Å². The Morgan fingerprint density at radius 1 is 1.21 bits per heavy atom. The Morgan fingerprint density at radius 2 is 1.97 bits per heavy atom. The highest BCUT2D eigenvalue weighted by atomic mass is 19.4. The van der Waals surface area contributed by atoms with Gasteiger partial charge in [-0.15, -0.1) is 6.58 Å². The van der Waals surface area contributed by atoms with Crippen molar-refractivity contribution in [3.63, 3.8) is 0 Å². The molecule has 0 aliphatic rings. The molecule has 150 valence electrons. The number of halogens is 3. The number of rotatable bonds is 6. The molecule has 1 heterocycles. The molecule has 1 amide bonds. The average molecular weight is 399 g/mol. The Balaban J connectivity index is 1.74. The highest BCUT2D eigenvalue weighted by Gasteiger charge is 2.30. The van der Waals surface area contributed by atoms with Crippen LogP contribution in [0, 0.1) is 6.92 Å². The molecule has 2 aromatic carbocycles. The zero-order chi connectivity index (χ0) is 21.0. The number of hydrogen-bond acceptors (Lipinski definition) is 2. The second-order valence-corrected chi connectivity index (χ2v) is 6.58. The van der Waals surface area contributed by atoms with E-state index in [1.165, 1.54) is 12.1 Å². The summed E-state index contributed by atoms with van der Waals surface area (Å²) in [5.74, 6) is -0.493. The number of carbonyl (C=O) groups excluding carboxylic acids is 1. The van der Waals surface area contributed by atoms with Gasteiger partial charge in [-0.2, -0.15) is 18.3 Å². The minimum atomic E-state index is -4.44. The molecule has 0 saturated carbocycles. The Kier molecular flexibility index (Phi) is 5.87. The van der Waals surface area contributed by atoms with Crippen LogP contribution in [0.4, 0.5) is 13.2 Å². The summed E-state index contributed by atoms with van der Waals surface area (Å²) in [5, 5.41) is 5.00. The van der Waals surface area contributed by atoms with Gasteiger partial charge in [0.1, 0.15) is 0 Å². The van der Waals surface area contributed by atoms with Gasteiger partial charge in [0.05, 0.1) is 18.2 Å². The lowest BCUT2D eigenvalue weighted by Crippen LogP contribution is -2.20. The van der Waals surface area contributed by atoms with Gasteiger partial charge in [0, 0.05) is 28.7 Å². The number of nitrogens with zero attached hydrogens (tertiary/aromatic N) is 2. The first-order valence-electron chi connectivity index (χ1n) is 8.98. The number of para-hydroxylation sites is 1. The van der Waals surface area contributed by atoms with E-state index in [0.717, 1.165) is 34.3 Å². The molecule has 0 spiro atoms. The van der Waals surface area contributed by atoms with Crippen molar-refractivity contribution in [1.82, 2.24) is 9.99 Å². The van der Waals surface area contributed by atoms with Gasteiger partial charge in [-0.1, -0.05) is 42.5 Å². The first kappa shape index (κ1) is 20.4. The molecule has 0 saturated heterocycles. The minimum Gasteiger partial charge on any atom is -0.340 e. The van der Waals surface area contributed by atoms with Crippen LogP contribution in [0.5, 0.6) is 0 Å². The highest BCUT2D eigenvalue weighted by Crippen LogP contribution is 2.29. The van der Waals surface area contributed by atoms with Gasteiger partial charge in [-0.25, -0.2) is 5.43 Å². The van der Waals surface area contributed by atoms with Gasteiger partial charge in [0.15, 0.2) is 0 Å². The van der Waals surface area contributed by atoms with Crippen molar-refractivity contribution in [3.8, 4) is 0 Å². The zero-order valence-electron chi connectivity index (χ0n) is 15.8. The van der Waals surface area contributed by atoms with Crippen LogP contribution in [-0.2, 0) is 23.9 Å². The molecule has 0 atom stereocenters. The van der Waals surface area contributed by atoms with E-state index in [-0.39, 0.29) is 12.0 Å². The summed E-state index contributed by atoms with van der Waals surface area (Å²) in [6, 6.07) is 12.5. The molecular formula is C22H20F3N3O. The van der Waals surface area contributed by atoms with Crippen LogP contribution >= 0.6 is 0 Å². The predicted molar refractivity (Wildman–Crippen MR) is 108 cm³/mol. The molecule has 0 bridgehead atoms. The van der Waals surface area contributed by atoms with Crippen LogP contribution in [0.25, 0.3) is 10.9 Å². The summed E-state index contributed by atoms with van der Waals surface area (Å²) < 4.78 is 40.4. The number of allylic oxidation sites excluding steroid dienone is 1. The number of amides is 1. The first-order valence-corrected chi connectivity index (χ1v) is 8.98. The molecule has 1 N–H and O–H groups in total. The molecule has 0 aliphatic heterocycles. The maximum absolute atomic E-state index is 12.8. The van der Waals surface area contributed by atoms with Crippen LogP contribution in [0.3, 0.4) is 0 Å². The van der Waals surface area contributed by atoms with E-state index in [9.17, 15) is 18.0 Å². The Hall–Kier alpha value is -3.35. The topological polar surface area (TPSA) is 46.4 Å². The number of carbonyl (C=O) groups is 1. The van der Waals surface area contributed by atoms with Crippen LogP contribution in [-0.4, -0.2) is 16.7 Å². The van der Waals surface area contributed by atoms with Gasteiger partial charge < -0.3 is 4.57 Å². The third kappa shape index (κ3) is 4.56. The van der Waals surface area contributed by atoms with Gasteiger partial charge in [-0.3, -0.25) is 4.79 Å². The highest BCUT2D eigenvalue weighted by molar-refractivity contribution is 6.01. The summed E-state index contributed by atoms with van der Waals surface area (Å²) >= 11 is 0. The smallest absolute Gasteiger partial charge is 0.340 e. The molecule has 29 heavy (non-hydrogen) atoms. The zero-order valence-corrected chi connectivity index (χ0v) is 15.8. The number of aromatic nitrogens is 1. The summed E-state index contributed by atoms with van der Waals surface area (Å²) in [7, 11) is 0. The van der Waals surface area contributed by atoms with Crippen molar-refractivity contribution in [3.05, 3.63) is 83.6 Å². The van der Waals surface area contributed by atoms with Gasteiger partial charge in [0.2, 0.25) is 5.91 Å². The molecule has 4 nitrogen and oxygen atoms in total. The molecule has 1 aromatic heterocycles. The van der Waals surface area contributed by atoms with Crippen LogP contribution in [0.15, 0.2) is 66.3 Å².